The van der Waals surface area contributed by atoms with Crippen molar-refractivity contribution in [1.82, 2.24) is 10.2 Å². The lowest BCUT2D eigenvalue weighted by atomic mass is 9.65. The molecule has 5 rings (SSSR count). The zero-order valence-corrected chi connectivity index (χ0v) is 20.3. The number of amides is 3. The lowest BCUT2D eigenvalue weighted by Crippen LogP contribution is -2.53. The number of carbonyl (C=O) groups is 3. The first kappa shape index (κ1) is 23.8. The van der Waals surface area contributed by atoms with Gasteiger partial charge in [-0.2, -0.15) is 0 Å². The van der Waals surface area contributed by atoms with Crippen LogP contribution in [0.1, 0.15) is 39.5 Å². The first-order valence-corrected chi connectivity index (χ1v) is 12.6. The van der Waals surface area contributed by atoms with Crippen LogP contribution in [0, 0.1) is 11.8 Å². The highest BCUT2D eigenvalue weighted by molar-refractivity contribution is 6.04. The van der Waals surface area contributed by atoms with E-state index in [-0.39, 0.29) is 30.9 Å². The molecule has 3 saturated heterocycles. The molecule has 2 aromatic carbocycles. The smallest absolute Gasteiger partial charge is 0.250 e. The van der Waals surface area contributed by atoms with Crippen molar-refractivity contribution >= 4 is 34.2 Å². The van der Waals surface area contributed by atoms with Gasteiger partial charge in [-0.1, -0.05) is 44.2 Å². The van der Waals surface area contributed by atoms with Crippen LogP contribution in [0.5, 0.6) is 0 Å². The molecular weight excluding hydrogens is 446 g/mol. The van der Waals surface area contributed by atoms with E-state index >= 15 is 0 Å². The van der Waals surface area contributed by atoms with Gasteiger partial charge < -0.3 is 25.4 Å². The van der Waals surface area contributed by atoms with Gasteiger partial charge in [0.05, 0.1) is 24.0 Å². The summed E-state index contributed by atoms with van der Waals surface area (Å²) in [5, 5.41) is 17.7. The van der Waals surface area contributed by atoms with E-state index in [0.717, 1.165) is 17.2 Å². The van der Waals surface area contributed by atoms with Gasteiger partial charge in [0.15, 0.2) is 0 Å². The van der Waals surface area contributed by atoms with Crippen molar-refractivity contribution in [2.45, 2.75) is 56.8 Å². The minimum atomic E-state index is -1.09. The van der Waals surface area contributed by atoms with Crippen LogP contribution >= 0.6 is 0 Å². The van der Waals surface area contributed by atoms with Crippen LogP contribution in [-0.4, -0.2) is 64.7 Å². The Balaban J connectivity index is 1.50. The van der Waals surface area contributed by atoms with Crippen LogP contribution < -0.4 is 10.6 Å². The van der Waals surface area contributed by atoms with E-state index in [1.165, 1.54) is 4.90 Å². The van der Waals surface area contributed by atoms with Crippen LogP contribution in [-0.2, 0) is 19.1 Å². The summed E-state index contributed by atoms with van der Waals surface area (Å²) in [6.07, 6.45) is 2.51. The summed E-state index contributed by atoms with van der Waals surface area (Å²) in [6, 6.07) is 12.6. The molecular formula is C27H33N3O5. The zero-order chi connectivity index (χ0) is 24.8. The molecule has 3 aliphatic heterocycles. The molecule has 0 aliphatic carbocycles. The molecule has 3 aliphatic rings. The largest absolute Gasteiger partial charge is 0.395 e. The minimum absolute atomic E-state index is 0.0126. The maximum Gasteiger partial charge on any atom is 0.250 e. The summed E-state index contributed by atoms with van der Waals surface area (Å²) >= 11 is 0. The molecule has 35 heavy (non-hydrogen) atoms. The lowest BCUT2D eigenvalue weighted by Gasteiger charge is -2.33. The molecule has 0 saturated carbocycles. The number of benzene rings is 2. The van der Waals surface area contributed by atoms with Crippen molar-refractivity contribution in [2.75, 3.05) is 25.0 Å². The van der Waals surface area contributed by atoms with E-state index in [1.54, 1.807) is 0 Å². The van der Waals surface area contributed by atoms with Gasteiger partial charge in [0, 0.05) is 18.8 Å². The molecule has 3 amide bonds. The summed E-state index contributed by atoms with van der Waals surface area (Å²) in [6.45, 7) is 4.21. The van der Waals surface area contributed by atoms with E-state index in [2.05, 4.69) is 10.6 Å². The van der Waals surface area contributed by atoms with Crippen molar-refractivity contribution in [3.05, 3.63) is 42.5 Å². The number of hydrogen-bond acceptors (Lipinski definition) is 5. The highest BCUT2D eigenvalue weighted by atomic mass is 16.5. The molecule has 5 atom stereocenters. The van der Waals surface area contributed by atoms with E-state index in [1.807, 2.05) is 56.3 Å². The standard InChI is InChI=1S/C27H33N3O5/c1-3-13-28-23(32)20-21-25(34)30(14-15-31)22(27(21)12-11-26(20,4-2)35-27)24(33)29-19-10-9-17-7-5-6-8-18(17)16-19/h5-10,16,20-22,31H,3-4,11-15H2,1-2H3,(H,28,32)(H,29,33)/t20-,21-,22?,26+,27?/m0/s1. The predicted octanol–water partition coefficient (Wildman–Crippen LogP) is 2.45. The number of hydrogen-bond donors (Lipinski definition) is 3. The molecule has 0 aromatic heterocycles. The summed E-state index contributed by atoms with van der Waals surface area (Å²) in [5.41, 5.74) is -1.22. The number of rotatable bonds is 8. The monoisotopic (exact) mass is 479 g/mol. The topological polar surface area (TPSA) is 108 Å². The van der Waals surface area contributed by atoms with Gasteiger partial charge in [0.25, 0.3) is 0 Å². The Hall–Kier alpha value is -2.97. The Bertz CT molecular complexity index is 1170. The van der Waals surface area contributed by atoms with Gasteiger partial charge in [-0.3, -0.25) is 14.4 Å². The van der Waals surface area contributed by atoms with Gasteiger partial charge >= 0.3 is 0 Å². The quantitative estimate of drug-likeness (QED) is 0.539. The molecule has 2 unspecified atom stereocenters. The molecule has 2 aromatic rings. The van der Waals surface area contributed by atoms with Gasteiger partial charge in [-0.25, -0.2) is 0 Å². The van der Waals surface area contributed by atoms with E-state index in [9.17, 15) is 19.5 Å². The maximum atomic E-state index is 13.8. The number of nitrogens with one attached hydrogen (secondary N) is 2. The van der Waals surface area contributed by atoms with Gasteiger partial charge in [0.1, 0.15) is 11.6 Å². The molecule has 0 radical (unpaired) electrons. The third kappa shape index (κ3) is 3.53. The van der Waals surface area contributed by atoms with Gasteiger partial charge in [-0.15, -0.1) is 0 Å². The average Bonchev–Trinajstić information content (AvgIpc) is 3.46. The SMILES string of the molecule is CCCNC(=O)[C@@H]1[C@H]2C(=O)N(CCO)C(C(=O)Nc3ccc4ccccc4c3)C23CC[C@@]1(CC)O3. The van der Waals surface area contributed by atoms with E-state index < -0.39 is 29.1 Å². The third-order valence-corrected chi connectivity index (χ3v) is 8.12. The van der Waals surface area contributed by atoms with Crippen LogP contribution in [0.3, 0.4) is 0 Å². The van der Waals surface area contributed by atoms with E-state index in [0.29, 0.717) is 31.5 Å². The number of β-amino-alcohol motifs (C(OH)–C–C–N with tert-alkyl or cyclic N) is 1. The molecule has 3 heterocycles. The van der Waals surface area contributed by atoms with Crippen molar-refractivity contribution in [3.63, 3.8) is 0 Å². The number of aliphatic hydroxyl groups is 1. The Kier molecular flexibility index (Phi) is 6.05. The first-order chi connectivity index (χ1) is 16.9. The van der Waals surface area contributed by atoms with Crippen molar-refractivity contribution in [2.24, 2.45) is 11.8 Å². The number of anilines is 1. The summed E-state index contributed by atoms with van der Waals surface area (Å²) in [7, 11) is 0. The summed E-state index contributed by atoms with van der Waals surface area (Å²) < 4.78 is 6.66. The van der Waals surface area contributed by atoms with Crippen LogP contribution in [0.25, 0.3) is 10.8 Å². The van der Waals surface area contributed by atoms with Crippen molar-refractivity contribution < 1.29 is 24.2 Å². The second kappa shape index (κ2) is 8.91. The van der Waals surface area contributed by atoms with Crippen LogP contribution in [0.2, 0.25) is 0 Å². The number of ether oxygens (including phenoxy) is 1. The Morgan fingerprint density at radius 3 is 2.60 bits per heavy atom. The zero-order valence-electron chi connectivity index (χ0n) is 20.3. The second-order valence-corrected chi connectivity index (χ2v) is 9.93. The van der Waals surface area contributed by atoms with Crippen molar-refractivity contribution in [3.8, 4) is 0 Å². The predicted molar refractivity (Wildman–Crippen MR) is 132 cm³/mol. The van der Waals surface area contributed by atoms with Crippen LogP contribution in [0.4, 0.5) is 5.69 Å². The van der Waals surface area contributed by atoms with Crippen LogP contribution in [0.15, 0.2) is 42.5 Å². The number of aliphatic hydroxyl groups excluding tert-OH is 1. The van der Waals surface area contributed by atoms with E-state index in [4.69, 9.17) is 4.74 Å². The highest BCUT2D eigenvalue weighted by Gasteiger charge is 2.78. The molecule has 3 N–H and O–H groups in total. The number of fused-ring (bicyclic) bond motifs is 2. The van der Waals surface area contributed by atoms with Gasteiger partial charge in [0.2, 0.25) is 17.7 Å². The molecule has 8 nitrogen and oxygen atoms in total. The highest BCUT2D eigenvalue weighted by Crippen LogP contribution is 2.64. The third-order valence-electron chi connectivity index (χ3n) is 8.12. The Labute approximate surface area is 205 Å². The minimum Gasteiger partial charge on any atom is -0.395 e. The number of carbonyl (C=O) groups excluding carboxylic acids is 3. The second-order valence-electron chi connectivity index (χ2n) is 9.93. The fourth-order valence-electron chi connectivity index (χ4n) is 6.60. The molecule has 186 valence electrons. The summed E-state index contributed by atoms with van der Waals surface area (Å²) in [5.74, 6) is -2.23. The number of likely N-dealkylation sites (tertiary alicyclic amines) is 1. The lowest BCUT2D eigenvalue weighted by molar-refractivity contribution is -0.146. The normalized spacial score (nSPS) is 31.1. The molecule has 1 spiro atoms. The molecule has 8 heteroatoms. The number of nitrogens with zero attached hydrogens (tertiary/aromatic N) is 1. The maximum absolute atomic E-state index is 13.8. The summed E-state index contributed by atoms with van der Waals surface area (Å²) in [4.78, 5) is 42.2. The van der Waals surface area contributed by atoms with Gasteiger partial charge in [-0.05, 0) is 48.6 Å². The first-order valence-electron chi connectivity index (χ1n) is 12.6. The fraction of sp³-hybridized carbons (Fsp3) is 0.519. The molecule has 3 fully saturated rings. The Morgan fingerprint density at radius 2 is 1.89 bits per heavy atom. The molecule has 2 bridgehead atoms. The fourth-order valence-corrected chi connectivity index (χ4v) is 6.60. The van der Waals surface area contributed by atoms with Crippen molar-refractivity contribution in [1.29, 1.82) is 0 Å². The Morgan fingerprint density at radius 1 is 1.11 bits per heavy atom. The average molecular weight is 480 g/mol.